The highest BCUT2D eigenvalue weighted by Gasteiger charge is 2.42. The van der Waals surface area contributed by atoms with E-state index >= 15 is 0 Å². The zero-order valence-electron chi connectivity index (χ0n) is 13.1. The SMILES string of the molecule is CC(C)(C)OC(=O)N(CCO)C(C)(C)C(C)(C)C. The van der Waals surface area contributed by atoms with Crippen molar-refractivity contribution in [2.75, 3.05) is 13.2 Å². The van der Waals surface area contributed by atoms with Gasteiger partial charge in [0.1, 0.15) is 5.60 Å². The molecule has 0 bridgehead atoms. The molecule has 18 heavy (non-hydrogen) atoms. The quantitative estimate of drug-likeness (QED) is 0.847. The highest BCUT2D eigenvalue weighted by molar-refractivity contribution is 5.69. The normalized spacial score (nSPS) is 13.4. The Morgan fingerprint density at radius 2 is 1.50 bits per heavy atom. The first kappa shape index (κ1) is 17.2. The molecule has 0 fully saturated rings. The van der Waals surface area contributed by atoms with Crippen molar-refractivity contribution in [2.24, 2.45) is 5.41 Å². The highest BCUT2D eigenvalue weighted by atomic mass is 16.6. The number of carbonyl (C=O) groups excluding carboxylic acids is 1. The third-order valence-corrected chi connectivity index (χ3v) is 3.45. The molecule has 108 valence electrons. The summed E-state index contributed by atoms with van der Waals surface area (Å²) in [6.07, 6.45) is -0.378. The number of ether oxygens (including phenoxy) is 1. The molecule has 4 nitrogen and oxygen atoms in total. The number of rotatable bonds is 3. The van der Waals surface area contributed by atoms with Gasteiger partial charge in [0.15, 0.2) is 0 Å². The Hall–Kier alpha value is -0.770. The number of nitrogens with zero attached hydrogens (tertiary/aromatic N) is 1. The summed E-state index contributed by atoms with van der Waals surface area (Å²) < 4.78 is 5.41. The molecule has 0 aromatic heterocycles. The summed E-state index contributed by atoms with van der Waals surface area (Å²) in [6, 6.07) is 0. The largest absolute Gasteiger partial charge is 0.444 e. The minimum Gasteiger partial charge on any atom is -0.444 e. The molecule has 0 aliphatic rings. The maximum absolute atomic E-state index is 12.2. The summed E-state index contributed by atoms with van der Waals surface area (Å²) in [5.41, 5.74) is -1.05. The molecule has 0 radical (unpaired) electrons. The molecule has 1 amide bonds. The van der Waals surface area contributed by atoms with Crippen LogP contribution in [0.1, 0.15) is 55.4 Å². The second kappa shape index (κ2) is 5.47. The van der Waals surface area contributed by atoms with E-state index in [-0.39, 0.29) is 24.7 Å². The number of aliphatic hydroxyl groups excluding tert-OH is 1. The lowest BCUT2D eigenvalue weighted by Crippen LogP contribution is -2.57. The van der Waals surface area contributed by atoms with Crippen molar-refractivity contribution in [1.29, 1.82) is 0 Å². The summed E-state index contributed by atoms with van der Waals surface area (Å²) >= 11 is 0. The molecule has 0 atom stereocenters. The van der Waals surface area contributed by atoms with Gasteiger partial charge in [0, 0.05) is 12.1 Å². The Bertz CT molecular complexity index is 284. The fourth-order valence-electron chi connectivity index (χ4n) is 1.42. The van der Waals surface area contributed by atoms with Crippen LogP contribution in [0, 0.1) is 5.41 Å². The van der Waals surface area contributed by atoms with Crippen LogP contribution in [0.25, 0.3) is 0 Å². The molecule has 0 spiro atoms. The zero-order chi connectivity index (χ0) is 14.8. The van der Waals surface area contributed by atoms with E-state index in [4.69, 9.17) is 9.84 Å². The first-order valence-corrected chi connectivity index (χ1v) is 6.44. The van der Waals surface area contributed by atoms with E-state index in [0.29, 0.717) is 0 Å². The van der Waals surface area contributed by atoms with Crippen LogP contribution < -0.4 is 0 Å². The maximum Gasteiger partial charge on any atom is 0.410 e. The van der Waals surface area contributed by atoms with Crippen molar-refractivity contribution >= 4 is 6.09 Å². The van der Waals surface area contributed by atoms with E-state index < -0.39 is 11.1 Å². The summed E-state index contributed by atoms with van der Waals surface area (Å²) in [7, 11) is 0. The topological polar surface area (TPSA) is 49.8 Å². The standard InChI is InChI=1S/C14H29NO3/c1-12(2,3)14(7,8)15(9-10-16)11(17)18-13(4,5)6/h16H,9-10H2,1-8H3. The molecule has 0 heterocycles. The minimum absolute atomic E-state index is 0.0707. The average molecular weight is 259 g/mol. The second-order valence-corrected chi connectivity index (χ2v) is 7.16. The fraction of sp³-hybridized carbons (Fsp3) is 0.929. The Labute approximate surface area is 111 Å². The lowest BCUT2D eigenvalue weighted by atomic mass is 9.75. The first-order valence-electron chi connectivity index (χ1n) is 6.44. The van der Waals surface area contributed by atoms with Gasteiger partial charge in [-0.15, -0.1) is 0 Å². The smallest absolute Gasteiger partial charge is 0.410 e. The van der Waals surface area contributed by atoms with Gasteiger partial charge in [-0.3, -0.25) is 0 Å². The first-order chi connectivity index (χ1) is 7.83. The van der Waals surface area contributed by atoms with Crippen LogP contribution in [0.5, 0.6) is 0 Å². The molecule has 0 aliphatic carbocycles. The van der Waals surface area contributed by atoms with Crippen LogP contribution in [0.3, 0.4) is 0 Å². The van der Waals surface area contributed by atoms with Crippen molar-refractivity contribution in [3.63, 3.8) is 0 Å². The van der Waals surface area contributed by atoms with Gasteiger partial charge in [0.2, 0.25) is 0 Å². The van der Waals surface area contributed by atoms with E-state index in [2.05, 4.69) is 20.8 Å². The van der Waals surface area contributed by atoms with Crippen LogP contribution >= 0.6 is 0 Å². The van der Waals surface area contributed by atoms with E-state index in [1.807, 2.05) is 34.6 Å². The minimum atomic E-state index is -0.529. The Morgan fingerprint density at radius 3 is 1.78 bits per heavy atom. The second-order valence-electron chi connectivity index (χ2n) is 7.16. The monoisotopic (exact) mass is 259 g/mol. The predicted molar refractivity (Wildman–Crippen MR) is 73.6 cm³/mol. The molecule has 4 heteroatoms. The molecule has 0 rings (SSSR count). The van der Waals surface area contributed by atoms with E-state index in [1.165, 1.54) is 0 Å². The van der Waals surface area contributed by atoms with Crippen LogP contribution in [-0.2, 0) is 4.74 Å². The van der Waals surface area contributed by atoms with E-state index in [0.717, 1.165) is 0 Å². The van der Waals surface area contributed by atoms with Crippen LogP contribution in [0.4, 0.5) is 4.79 Å². The van der Waals surface area contributed by atoms with Crippen molar-refractivity contribution in [3.05, 3.63) is 0 Å². The molecule has 1 N–H and O–H groups in total. The van der Waals surface area contributed by atoms with E-state index in [1.54, 1.807) is 4.90 Å². The van der Waals surface area contributed by atoms with E-state index in [9.17, 15) is 4.79 Å². The van der Waals surface area contributed by atoms with Crippen LogP contribution in [0.15, 0.2) is 0 Å². The van der Waals surface area contributed by atoms with Gasteiger partial charge < -0.3 is 14.7 Å². The molecule has 0 aromatic carbocycles. The zero-order valence-corrected chi connectivity index (χ0v) is 13.1. The van der Waals surface area contributed by atoms with Gasteiger partial charge >= 0.3 is 6.09 Å². The third-order valence-electron chi connectivity index (χ3n) is 3.45. The van der Waals surface area contributed by atoms with Gasteiger partial charge in [-0.1, -0.05) is 20.8 Å². The van der Waals surface area contributed by atoms with Gasteiger partial charge in [-0.2, -0.15) is 0 Å². The molecule has 0 saturated carbocycles. The maximum atomic E-state index is 12.2. The van der Waals surface area contributed by atoms with Crippen LogP contribution in [-0.4, -0.2) is 40.4 Å². The summed E-state index contributed by atoms with van der Waals surface area (Å²) in [6.45, 7) is 15.9. The van der Waals surface area contributed by atoms with Crippen molar-refractivity contribution in [3.8, 4) is 0 Å². The molecule has 0 aliphatic heterocycles. The number of amides is 1. The third kappa shape index (κ3) is 4.48. The number of hydrogen-bond acceptors (Lipinski definition) is 3. The lowest BCUT2D eigenvalue weighted by molar-refractivity contribution is -0.0286. The van der Waals surface area contributed by atoms with Gasteiger partial charge in [-0.05, 0) is 40.0 Å². The summed E-state index contributed by atoms with van der Waals surface area (Å²) in [5, 5.41) is 9.16. The average Bonchev–Trinajstić information content (AvgIpc) is 2.08. The molecule has 0 aromatic rings. The fourth-order valence-corrected chi connectivity index (χ4v) is 1.42. The molecule has 0 unspecified atom stereocenters. The highest BCUT2D eigenvalue weighted by Crippen LogP contribution is 2.35. The summed E-state index contributed by atoms with van der Waals surface area (Å²) in [4.78, 5) is 13.8. The number of aliphatic hydroxyl groups is 1. The summed E-state index contributed by atoms with van der Waals surface area (Å²) in [5.74, 6) is 0. The Morgan fingerprint density at radius 1 is 1.06 bits per heavy atom. The lowest BCUT2D eigenvalue weighted by Gasteiger charge is -2.47. The number of carbonyl (C=O) groups is 1. The molecular formula is C14H29NO3. The number of β-amino-alcohol motifs (C(OH)–C–C–N with tert-alkyl or cyclic N) is 1. The number of hydrogen-bond donors (Lipinski definition) is 1. The van der Waals surface area contributed by atoms with Gasteiger partial charge in [0.05, 0.1) is 6.61 Å². The van der Waals surface area contributed by atoms with Gasteiger partial charge in [0.25, 0.3) is 0 Å². The Kier molecular flexibility index (Phi) is 5.24. The molecular weight excluding hydrogens is 230 g/mol. The predicted octanol–water partition coefficient (Wildman–Crippen LogP) is 3.04. The van der Waals surface area contributed by atoms with Gasteiger partial charge in [-0.25, -0.2) is 4.79 Å². The van der Waals surface area contributed by atoms with Crippen molar-refractivity contribution < 1.29 is 14.6 Å². The van der Waals surface area contributed by atoms with Crippen molar-refractivity contribution in [1.82, 2.24) is 4.90 Å². The Balaban J connectivity index is 5.14. The van der Waals surface area contributed by atoms with Crippen molar-refractivity contribution in [2.45, 2.75) is 66.5 Å². The molecule has 0 saturated heterocycles. The van der Waals surface area contributed by atoms with Crippen LogP contribution in [0.2, 0.25) is 0 Å².